The summed E-state index contributed by atoms with van der Waals surface area (Å²) >= 11 is 1.48. The van der Waals surface area contributed by atoms with Crippen LogP contribution in [0.2, 0.25) is 0 Å². The zero-order valence-corrected chi connectivity index (χ0v) is 21.5. The van der Waals surface area contributed by atoms with E-state index in [0.717, 1.165) is 27.3 Å². The van der Waals surface area contributed by atoms with Crippen molar-refractivity contribution >= 4 is 41.1 Å². The summed E-state index contributed by atoms with van der Waals surface area (Å²) < 4.78 is 10.8. The van der Waals surface area contributed by atoms with Crippen molar-refractivity contribution in [2.45, 2.75) is 24.0 Å². The Morgan fingerprint density at radius 2 is 2.00 bits per heavy atom. The number of nitrogens with zero attached hydrogens (tertiary/aromatic N) is 1. The number of hydrogen-bond acceptors (Lipinski definition) is 7. The van der Waals surface area contributed by atoms with Crippen LogP contribution in [0.4, 0.5) is 16.2 Å². The number of carbonyl (C=O) groups excluding carboxylic acids is 2. The minimum absolute atomic E-state index is 0.0473. The van der Waals surface area contributed by atoms with Gasteiger partial charge in [0.25, 0.3) is 0 Å². The van der Waals surface area contributed by atoms with Crippen molar-refractivity contribution in [1.82, 2.24) is 5.32 Å². The standard InChI is InChI=1S/C28H27N3O6S/c1-36-24-12-19(5-7-22(24)27(33)34)18-4-2-3-17(11-18)14-29-10-9-21-15-31(28(35)37-21)20-6-8-25-23(13-20)30-26(32)16-38-25/h2-8,11-13,21,29H,9-10,14-16H2,1H3,(H,30,32)(H,33,34)/t21-/m1/s1. The predicted octanol–water partition coefficient (Wildman–Crippen LogP) is 4.61. The van der Waals surface area contributed by atoms with Crippen molar-refractivity contribution in [2.75, 3.05) is 36.2 Å². The first-order valence-corrected chi connectivity index (χ1v) is 13.2. The van der Waals surface area contributed by atoms with Crippen molar-refractivity contribution in [3.05, 3.63) is 71.8 Å². The van der Waals surface area contributed by atoms with Gasteiger partial charge in [-0.15, -0.1) is 11.8 Å². The lowest BCUT2D eigenvalue weighted by molar-refractivity contribution is -0.113. The number of aromatic carboxylic acids is 1. The molecule has 9 nitrogen and oxygen atoms in total. The largest absolute Gasteiger partial charge is 0.496 e. The molecule has 2 amide bonds. The van der Waals surface area contributed by atoms with Crippen LogP contribution in [0.3, 0.4) is 0 Å². The molecule has 0 spiro atoms. The van der Waals surface area contributed by atoms with Gasteiger partial charge in [-0.05, 0) is 66.1 Å². The molecule has 0 aliphatic carbocycles. The van der Waals surface area contributed by atoms with Gasteiger partial charge in [-0.2, -0.15) is 0 Å². The number of carboxylic acids is 1. The lowest BCUT2D eigenvalue weighted by Gasteiger charge is -2.20. The second-order valence-electron chi connectivity index (χ2n) is 9.02. The number of cyclic esters (lactones) is 1. The lowest BCUT2D eigenvalue weighted by atomic mass is 10.0. The number of carbonyl (C=O) groups is 3. The molecular weight excluding hydrogens is 506 g/mol. The highest BCUT2D eigenvalue weighted by atomic mass is 32.2. The van der Waals surface area contributed by atoms with Crippen LogP contribution in [0.1, 0.15) is 22.3 Å². The number of hydrogen-bond donors (Lipinski definition) is 3. The summed E-state index contributed by atoms with van der Waals surface area (Å²) in [5.74, 6) is -0.365. The van der Waals surface area contributed by atoms with Crippen LogP contribution >= 0.6 is 11.8 Å². The van der Waals surface area contributed by atoms with Gasteiger partial charge in [0.05, 0.1) is 25.1 Å². The Balaban J connectivity index is 1.14. The first kappa shape index (κ1) is 25.6. The van der Waals surface area contributed by atoms with E-state index in [1.54, 1.807) is 23.1 Å². The third kappa shape index (κ3) is 5.61. The number of amides is 2. The Morgan fingerprint density at radius 1 is 1.16 bits per heavy atom. The van der Waals surface area contributed by atoms with Crippen LogP contribution in [-0.2, 0) is 16.1 Å². The SMILES string of the molecule is COc1cc(-c2cccc(CNCC[C@@H]3CN(c4ccc5c(c4)NC(=O)CS5)C(=O)O3)c2)ccc1C(=O)O. The maximum Gasteiger partial charge on any atom is 0.414 e. The topological polar surface area (TPSA) is 117 Å². The molecule has 1 atom stereocenters. The summed E-state index contributed by atoms with van der Waals surface area (Å²) in [4.78, 5) is 38.2. The van der Waals surface area contributed by atoms with Crippen molar-refractivity contribution < 1.29 is 29.0 Å². The van der Waals surface area contributed by atoms with Gasteiger partial charge in [0.15, 0.2) is 0 Å². The second-order valence-corrected chi connectivity index (χ2v) is 10.0. The molecule has 1 saturated heterocycles. The number of rotatable bonds is 9. The van der Waals surface area contributed by atoms with Gasteiger partial charge in [-0.25, -0.2) is 9.59 Å². The predicted molar refractivity (Wildman–Crippen MR) is 145 cm³/mol. The van der Waals surface area contributed by atoms with Crippen LogP contribution < -0.4 is 20.3 Å². The van der Waals surface area contributed by atoms with Gasteiger partial charge in [0.1, 0.15) is 17.4 Å². The zero-order chi connectivity index (χ0) is 26.6. The molecule has 10 heteroatoms. The first-order chi connectivity index (χ1) is 18.4. The van der Waals surface area contributed by atoms with E-state index in [2.05, 4.69) is 10.6 Å². The van der Waals surface area contributed by atoms with E-state index in [4.69, 9.17) is 9.47 Å². The third-order valence-corrected chi connectivity index (χ3v) is 7.52. The van der Waals surface area contributed by atoms with Crippen LogP contribution in [0.5, 0.6) is 5.75 Å². The fraction of sp³-hybridized carbons (Fsp3) is 0.250. The molecular formula is C28H27N3O6S. The van der Waals surface area contributed by atoms with E-state index in [9.17, 15) is 19.5 Å². The minimum Gasteiger partial charge on any atom is -0.496 e. The highest BCUT2D eigenvalue weighted by Crippen LogP contribution is 2.35. The second kappa shape index (κ2) is 11.2. The minimum atomic E-state index is -1.03. The Hall–Kier alpha value is -4.02. The van der Waals surface area contributed by atoms with Gasteiger partial charge < -0.3 is 25.2 Å². The van der Waals surface area contributed by atoms with Crippen molar-refractivity contribution in [1.29, 1.82) is 0 Å². The number of carboxylic acid groups (broad SMARTS) is 1. The zero-order valence-electron chi connectivity index (χ0n) is 20.7. The molecule has 0 bridgehead atoms. The molecule has 3 aromatic carbocycles. The number of anilines is 2. The molecule has 0 unspecified atom stereocenters. The number of fused-ring (bicyclic) bond motifs is 1. The molecule has 3 aromatic rings. The quantitative estimate of drug-likeness (QED) is 0.342. The van der Waals surface area contributed by atoms with Crippen molar-refractivity contribution in [3.63, 3.8) is 0 Å². The fourth-order valence-electron chi connectivity index (χ4n) is 4.53. The highest BCUT2D eigenvalue weighted by molar-refractivity contribution is 8.00. The van der Waals surface area contributed by atoms with Crippen LogP contribution in [-0.4, -0.2) is 55.1 Å². The summed E-state index contributed by atoms with van der Waals surface area (Å²) in [6.07, 6.45) is 0.0381. The molecule has 2 aliphatic rings. The smallest absolute Gasteiger partial charge is 0.414 e. The maximum absolute atomic E-state index is 12.5. The summed E-state index contributed by atoms with van der Waals surface area (Å²) in [6, 6.07) is 18.7. The normalized spacial score (nSPS) is 16.6. The van der Waals surface area contributed by atoms with E-state index in [-0.39, 0.29) is 23.7 Å². The molecule has 0 saturated carbocycles. The van der Waals surface area contributed by atoms with Gasteiger partial charge in [-0.1, -0.05) is 24.3 Å². The molecule has 0 aromatic heterocycles. The van der Waals surface area contributed by atoms with E-state index < -0.39 is 5.97 Å². The van der Waals surface area contributed by atoms with Gasteiger partial charge >= 0.3 is 12.1 Å². The van der Waals surface area contributed by atoms with E-state index in [1.165, 1.54) is 18.9 Å². The molecule has 2 heterocycles. The number of ether oxygens (including phenoxy) is 2. The number of methoxy groups -OCH3 is 1. The molecule has 2 aliphatic heterocycles. The average molecular weight is 534 g/mol. The molecule has 0 radical (unpaired) electrons. The summed E-state index contributed by atoms with van der Waals surface area (Å²) in [5, 5.41) is 15.6. The summed E-state index contributed by atoms with van der Waals surface area (Å²) in [6.45, 7) is 1.74. The Labute approximate surface area is 224 Å². The van der Waals surface area contributed by atoms with Crippen molar-refractivity contribution in [2.24, 2.45) is 0 Å². The first-order valence-electron chi connectivity index (χ1n) is 12.2. The van der Waals surface area contributed by atoms with Crippen LogP contribution in [0.25, 0.3) is 11.1 Å². The van der Waals surface area contributed by atoms with E-state index in [0.29, 0.717) is 43.2 Å². The molecule has 3 N–H and O–H groups in total. The van der Waals surface area contributed by atoms with E-state index in [1.807, 2.05) is 42.5 Å². The van der Waals surface area contributed by atoms with Crippen LogP contribution in [0, 0.1) is 0 Å². The highest BCUT2D eigenvalue weighted by Gasteiger charge is 2.32. The Bertz CT molecular complexity index is 1390. The fourth-order valence-corrected chi connectivity index (χ4v) is 5.31. The van der Waals surface area contributed by atoms with Crippen molar-refractivity contribution in [3.8, 4) is 16.9 Å². The number of thioether (sulfide) groups is 1. The lowest BCUT2D eigenvalue weighted by Crippen LogP contribution is -2.26. The maximum atomic E-state index is 12.5. The van der Waals surface area contributed by atoms with E-state index >= 15 is 0 Å². The summed E-state index contributed by atoms with van der Waals surface area (Å²) in [5.41, 5.74) is 4.45. The molecule has 38 heavy (non-hydrogen) atoms. The molecule has 1 fully saturated rings. The molecule has 5 rings (SSSR count). The summed E-state index contributed by atoms with van der Waals surface area (Å²) in [7, 11) is 1.46. The third-order valence-electron chi connectivity index (χ3n) is 6.45. The molecule has 196 valence electrons. The number of benzene rings is 3. The van der Waals surface area contributed by atoms with Gasteiger partial charge in [0.2, 0.25) is 5.91 Å². The number of nitrogens with one attached hydrogen (secondary N) is 2. The monoisotopic (exact) mass is 533 g/mol. The van der Waals surface area contributed by atoms with Gasteiger partial charge in [0, 0.05) is 17.1 Å². The Morgan fingerprint density at radius 3 is 2.82 bits per heavy atom. The average Bonchev–Trinajstić information content (AvgIpc) is 3.30. The van der Waals surface area contributed by atoms with Crippen LogP contribution in [0.15, 0.2) is 65.6 Å². The van der Waals surface area contributed by atoms with Gasteiger partial charge in [-0.3, -0.25) is 9.69 Å². The Kier molecular flexibility index (Phi) is 7.52.